The topological polar surface area (TPSA) is 87.7 Å². The summed E-state index contributed by atoms with van der Waals surface area (Å²) < 4.78 is 5.38. The summed E-state index contributed by atoms with van der Waals surface area (Å²) in [5.74, 6) is -0.164. The molecule has 154 valence electrons. The van der Waals surface area contributed by atoms with E-state index in [1.54, 1.807) is 43.5 Å². The van der Waals surface area contributed by atoms with E-state index in [4.69, 9.17) is 21.4 Å². The Hall–Kier alpha value is -3.51. The molecule has 2 amide bonds. The van der Waals surface area contributed by atoms with Gasteiger partial charge in [-0.15, -0.1) is 0 Å². The SMILES string of the molecule is COc1ccccc1-c1ccc(NC(=O)NCc2ccc(CC(=O)O)cc2)cc1Cl. The van der Waals surface area contributed by atoms with Gasteiger partial charge in [-0.2, -0.15) is 0 Å². The van der Waals surface area contributed by atoms with Gasteiger partial charge in [0.15, 0.2) is 0 Å². The van der Waals surface area contributed by atoms with Gasteiger partial charge >= 0.3 is 12.0 Å². The van der Waals surface area contributed by atoms with Crippen LogP contribution in [0, 0.1) is 0 Å². The Morgan fingerprint density at radius 3 is 2.33 bits per heavy atom. The highest BCUT2D eigenvalue weighted by atomic mass is 35.5. The minimum Gasteiger partial charge on any atom is -0.496 e. The van der Waals surface area contributed by atoms with Gasteiger partial charge < -0.3 is 20.5 Å². The molecule has 0 bridgehead atoms. The molecule has 3 aromatic rings. The predicted octanol–water partition coefficient (Wildman–Crippen LogP) is 4.96. The second-order valence-corrected chi connectivity index (χ2v) is 7.00. The molecular formula is C23H21ClN2O4. The number of aliphatic carboxylic acids is 1. The first-order valence-electron chi connectivity index (χ1n) is 9.23. The second-order valence-electron chi connectivity index (χ2n) is 6.59. The van der Waals surface area contributed by atoms with Gasteiger partial charge in [-0.05, 0) is 29.3 Å². The average Bonchev–Trinajstić information content (AvgIpc) is 2.73. The Kier molecular flexibility index (Phi) is 6.93. The summed E-state index contributed by atoms with van der Waals surface area (Å²) in [6, 6.07) is 19.5. The Morgan fingerprint density at radius 1 is 0.967 bits per heavy atom. The number of anilines is 1. The lowest BCUT2D eigenvalue weighted by atomic mass is 10.0. The molecule has 0 saturated heterocycles. The molecule has 0 fully saturated rings. The van der Waals surface area contributed by atoms with Crippen LogP contribution in [0.3, 0.4) is 0 Å². The number of carboxylic acid groups (broad SMARTS) is 1. The van der Waals surface area contributed by atoms with E-state index < -0.39 is 5.97 Å². The van der Waals surface area contributed by atoms with Crippen molar-refractivity contribution >= 4 is 29.3 Å². The van der Waals surface area contributed by atoms with Crippen molar-refractivity contribution in [3.8, 4) is 16.9 Å². The Morgan fingerprint density at radius 2 is 1.67 bits per heavy atom. The van der Waals surface area contributed by atoms with Gasteiger partial charge in [0.05, 0.1) is 18.6 Å². The van der Waals surface area contributed by atoms with Gasteiger partial charge in [0.2, 0.25) is 0 Å². The van der Waals surface area contributed by atoms with Crippen LogP contribution in [0.1, 0.15) is 11.1 Å². The van der Waals surface area contributed by atoms with Crippen molar-refractivity contribution in [1.82, 2.24) is 5.32 Å². The molecule has 3 aromatic carbocycles. The zero-order chi connectivity index (χ0) is 21.5. The van der Waals surface area contributed by atoms with E-state index in [0.29, 0.717) is 28.6 Å². The number of para-hydroxylation sites is 1. The summed E-state index contributed by atoms with van der Waals surface area (Å²) in [6.07, 6.45) is -0.0280. The Bertz CT molecular complexity index is 1050. The van der Waals surface area contributed by atoms with Crippen molar-refractivity contribution < 1.29 is 19.4 Å². The largest absolute Gasteiger partial charge is 0.496 e. The fourth-order valence-corrected chi connectivity index (χ4v) is 3.27. The number of hydrogen-bond acceptors (Lipinski definition) is 3. The average molecular weight is 425 g/mol. The van der Waals surface area contributed by atoms with Crippen molar-refractivity contribution in [2.24, 2.45) is 0 Å². The third-order valence-electron chi connectivity index (χ3n) is 4.46. The van der Waals surface area contributed by atoms with Crippen molar-refractivity contribution in [3.63, 3.8) is 0 Å². The molecule has 0 aliphatic rings. The molecule has 30 heavy (non-hydrogen) atoms. The monoisotopic (exact) mass is 424 g/mol. The highest BCUT2D eigenvalue weighted by Crippen LogP contribution is 2.35. The molecule has 0 radical (unpaired) electrons. The number of carbonyl (C=O) groups excluding carboxylic acids is 1. The van der Waals surface area contributed by atoms with E-state index in [0.717, 1.165) is 16.7 Å². The number of methoxy groups -OCH3 is 1. The van der Waals surface area contributed by atoms with E-state index >= 15 is 0 Å². The molecule has 0 aromatic heterocycles. The molecule has 6 nitrogen and oxygen atoms in total. The predicted molar refractivity (Wildman–Crippen MR) is 117 cm³/mol. The third-order valence-corrected chi connectivity index (χ3v) is 4.77. The summed E-state index contributed by atoms with van der Waals surface area (Å²) >= 11 is 6.43. The zero-order valence-electron chi connectivity index (χ0n) is 16.3. The van der Waals surface area contributed by atoms with Gasteiger partial charge in [0.1, 0.15) is 5.75 Å². The minimum absolute atomic E-state index is 0.0280. The van der Waals surface area contributed by atoms with Crippen LogP contribution < -0.4 is 15.4 Å². The van der Waals surface area contributed by atoms with Gasteiger partial charge in [-0.1, -0.05) is 60.1 Å². The van der Waals surface area contributed by atoms with Crippen LogP contribution in [0.15, 0.2) is 66.7 Å². The standard InChI is InChI=1S/C23H21ClN2O4/c1-30-21-5-3-2-4-19(21)18-11-10-17(13-20(18)24)26-23(29)25-14-16-8-6-15(7-9-16)12-22(27)28/h2-11,13H,12,14H2,1H3,(H,27,28)(H2,25,26,29). The number of amides is 2. The Labute approximate surface area is 179 Å². The van der Waals surface area contributed by atoms with E-state index in [1.165, 1.54) is 0 Å². The first kappa shape index (κ1) is 21.2. The molecule has 3 rings (SSSR count). The van der Waals surface area contributed by atoms with Crippen molar-refractivity contribution in [3.05, 3.63) is 82.9 Å². The number of rotatable bonds is 7. The summed E-state index contributed by atoms with van der Waals surface area (Å²) in [5, 5.41) is 14.8. The lowest BCUT2D eigenvalue weighted by Crippen LogP contribution is -2.28. The quantitative estimate of drug-likeness (QED) is 0.500. The number of halogens is 1. The van der Waals surface area contributed by atoms with Gasteiger partial charge in [0.25, 0.3) is 0 Å². The number of carboxylic acids is 1. The number of hydrogen-bond donors (Lipinski definition) is 3. The van der Waals surface area contributed by atoms with Crippen LogP contribution in [-0.2, 0) is 17.8 Å². The van der Waals surface area contributed by atoms with Gasteiger partial charge in [0, 0.05) is 23.4 Å². The number of benzene rings is 3. The lowest BCUT2D eigenvalue weighted by Gasteiger charge is -2.12. The number of urea groups is 1. The molecule has 0 aliphatic heterocycles. The second kappa shape index (κ2) is 9.80. The van der Waals surface area contributed by atoms with Crippen LogP contribution in [-0.4, -0.2) is 24.2 Å². The van der Waals surface area contributed by atoms with E-state index in [-0.39, 0.29) is 12.5 Å². The van der Waals surface area contributed by atoms with Gasteiger partial charge in [-0.25, -0.2) is 4.79 Å². The smallest absolute Gasteiger partial charge is 0.319 e. The molecule has 0 saturated carbocycles. The fourth-order valence-electron chi connectivity index (χ4n) is 2.99. The molecule has 3 N–H and O–H groups in total. The molecule has 0 spiro atoms. The van der Waals surface area contributed by atoms with Crippen LogP contribution in [0.5, 0.6) is 5.75 Å². The Balaban J connectivity index is 1.60. The number of nitrogens with one attached hydrogen (secondary N) is 2. The van der Waals surface area contributed by atoms with E-state index in [1.807, 2.05) is 30.3 Å². The van der Waals surface area contributed by atoms with Crippen molar-refractivity contribution in [2.75, 3.05) is 12.4 Å². The maximum absolute atomic E-state index is 12.2. The van der Waals surface area contributed by atoms with Crippen molar-refractivity contribution in [2.45, 2.75) is 13.0 Å². The number of ether oxygens (including phenoxy) is 1. The summed E-state index contributed by atoms with van der Waals surface area (Å²) in [5.41, 5.74) is 3.81. The minimum atomic E-state index is -0.879. The molecular weight excluding hydrogens is 404 g/mol. The number of carbonyl (C=O) groups is 2. The maximum Gasteiger partial charge on any atom is 0.319 e. The lowest BCUT2D eigenvalue weighted by molar-refractivity contribution is -0.136. The third kappa shape index (κ3) is 5.52. The molecule has 0 aliphatic carbocycles. The van der Waals surface area contributed by atoms with E-state index in [9.17, 15) is 9.59 Å². The highest BCUT2D eigenvalue weighted by molar-refractivity contribution is 6.33. The first-order valence-corrected chi connectivity index (χ1v) is 9.61. The molecule has 0 heterocycles. The first-order chi connectivity index (χ1) is 14.5. The van der Waals surface area contributed by atoms with Crippen LogP contribution in [0.4, 0.5) is 10.5 Å². The summed E-state index contributed by atoms with van der Waals surface area (Å²) in [4.78, 5) is 22.9. The molecule has 0 unspecified atom stereocenters. The van der Waals surface area contributed by atoms with Crippen LogP contribution >= 0.6 is 11.6 Å². The van der Waals surface area contributed by atoms with Crippen LogP contribution in [0.2, 0.25) is 5.02 Å². The van der Waals surface area contributed by atoms with Gasteiger partial charge in [-0.3, -0.25) is 4.79 Å². The fraction of sp³-hybridized carbons (Fsp3) is 0.130. The zero-order valence-corrected chi connectivity index (χ0v) is 17.1. The van der Waals surface area contributed by atoms with E-state index in [2.05, 4.69) is 10.6 Å². The normalized spacial score (nSPS) is 10.3. The molecule has 7 heteroatoms. The van der Waals surface area contributed by atoms with Crippen molar-refractivity contribution in [1.29, 1.82) is 0 Å². The highest BCUT2D eigenvalue weighted by Gasteiger charge is 2.11. The summed E-state index contributed by atoms with van der Waals surface area (Å²) in [6.45, 7) is 0.312. The summed E-state index contributed by atoms with van der Waals surface area (Å²) in [7, 11) is 1.60. The van der Waals surface area contributed by atoms with Crippen LogP contribution in [0.25, 0.3) is 11.1 Å². The maximum atomic E-state index is 12.2. The molecule has 0 atom stereocenters.